The number of hydrogen-bond donors (Lipinski definition) is 0. The molecule has 4 rings (SSSR count). The van der Waals surface area contributed by atoms with Gasteiger partial charge in [0.2, 0.25) is 0 Å². The molecule has 0 radical (unpaired) electrons. The quantitative estimate of drug-likeness (QED) is 0.0615. The van der Waals surface area contributed by atoms with Crippen molar-refractivity contribution in [1.82, 2.24) is 0 Å². The second kappa shape index (κ2) is 18.6. The van der Waals surface area contributed by atoms with Gasteiger partial charge in [0.1, 0.15) is 6.79 Å². The highest BCUT2D eigenvalue weighted by molar-refractivity contribution is 6.99. The Labute approximate surface area is 293 Å². The molecular weight excluding hydrogens is 629 g/mol. The van der Waals surface area contributed by atoms with Crippen molar-refractivity contribution in [2.75, 3.05) is 20.0 Å². The van der Waals surface area contributed by atoms with Crippen LogP contribution in [0.3, 0.4) is 0 Å². The summed E-state index contributed by atoms with van der Waals surface area (Å²) in [5.74, 6) is 0. The van der Waals surface area contributed by atoms with Gasteiger partial charge in [0.25, 0.3) is 8.32 Å². The molecule has 1 heterocycles. The Balaban J connectivity index is 1.56. The largest absolute Gasteiger partial charge is 0.407 e. The van der Waals surface area contributed by atoms with E-state index in [-0.39, 0.29) is 29.5 Å². The van der Waals surface area contributed by atoms with E-state index < -0.39 is 16.4 Å². The average Bonchev–Trinajstić information content (AvgIpc) is 3.06. The van der Waals surface area contributed by atoms with Crippen LogP contribution >= 0.6 is 0 Å². The van der Waals surface area contributed by atoms with Gasteiger partial charge < -0.3 is 23.4 Å². The van der Waals surface area contributed by atoms with Gasteiger partial charge in [0.15, 0.2) is 0 Å². The fraction of sp³-hybridized carbons (Fsp3) is 0.512. The summed E-state index contributed by atoms with van der Waals surface area (Å²) in [7, 11) is -3.84. The van der Waals surface area contributed by atoms with E-state index in [4.69, 9.17) is 23.4 Å². The summed E-state index contributed by atoms with van der Waals surface area (Å²) in [6.07, 6.45) is 7.20. The molecule has 1 aliphatic rings. The van der Waals surface area contributed by atoms with Crippen LogP contribution in [0.2, 0.25) is 30.7 Å². The van der Waals surface area contributed by atoms with Crippen molar-refractivity contribution in [1.29, 1.82) is 0 Å². The fourth-order valence-electron chi connectivity index (χ4n) is 6.58. The first-order chi connectivity index (χ1) is 23.0. The third-order valence-electron chi connectivity index (χ3n) is 9.29. The highest BCUT2D eigenvalue weighted by Crippen LogP contribution is 2.37. The highest BCUT2D eigenvalue weighted by atomic mass is 28.4. The molecule has 0 unspecified atom stereocenters. The van der Waals surface area contributed by atoms with Crippen molar-refractivity contribution in [3.8, 4) is 0 Å². The molecule has 262 valence electrons. The molecule has 3 aromatic carbocycles. The summed E-state index contributed by atoms with van der Waals surface area (Å²) in [5.41, 5.74) is 1.16. The third kappa shape index (κ3) is 11.1. The lowest BCUT2D eigenvalue weighted by molar-refractivity contribution is -0.174. The van der Waals surface area contributed by atoms with E-state index in [0.717, 1.165) is 43.9 Å². The van der Waals surface area contributed by atoms with Crippen molar-refractivity contribution in [3.05, 3.63) is 109 Å². The molecule has 0 N–H and O–H groups in total. The van der Waals surface area contributed by atoms with Crippen molar-refractivity contribution < 1.29 is 23.4 Å². The van der Waals surface area contributed by atoms with Gasteiger partial charge in [0.05, 0.1) is 31.0 Å². The van der Waals surface area contributed by atoms with Crippen LogP contribution in [0.15, 0.2) is 103 Å². The van der Waals surface area contributed by atoms with Crippen LogP contribution in [-0.2, 0) is 30.0 Å². The van der Waals surface area contributed by atoms with Gasteiger partial charge in [0, 0.05) is 21.3 Å². The van der Waals surface area contributed by atoms with Gasteiger partial charge in [-0.1, -0.05) is 150 Å². The number of ether oxygens (including phenoxy) is 4. The van der Waals surface area contributed by atoms with E-state index in [1.54, 1.807) is 0 Å². The first-order valence-electron chi connectivity index (χ1n) is 17.9. The molecular formula is C41H60O5Si2. The van der Waals surface area contributed by atoms with Gasteiger partial charge in [-0.15, -0.1) is 0 Å². The molecule has 3 aromatic rings. The van der Waals surface area contributed by atoms with Crippen LogP contribution in [0, 0.1) is 0 Å². The summed E-state index contributed by atoms with van der Waals surface area (Å²) in [6, 6.07) is 33.2. The molecule has 0 bridgehead atoms. The lowest BCUT2D eigenvalue weighted by Gasteiger charge is -2.43. The molecule has 0 amide bonds. The van der Waals surface area contributed by atoms with Crippen molar-refractivity contribution in [2.24, 2.45) is 0 Å². The second-order valence-electron chi connectivity index (χ2n) is 15.2. The predicted octanol–water partition coefficient (Wildman–Crippen LogP) is 8.75. The van der Waals surface area contributed by atoms with Crippen LogP contribution < -0.4 is 10.4 Å². The number of benzene rings is 3. The molecule has 48 heavy (non-hydrogen) atoms. The Bertz CT molecular complexity index is 1300. The van der Waals surface area contributed by atoms with Gasteiger partial charge in [-0.3, -0.25) is 0 Å². The van der Waals surface area contributed by atoms with E-state index in [1.165, 1.54) is 10.4 Å². The molecule has 0 saturated carbocycles. The standard InChI is InChI=1S/C41H60O5Si2/c1-8-37(44-33-42-30-31-47(5,6)7)39-27-19-18-26-38(43-32-34-20-12-9-13-21-34)40(46-39)28-29-45-48(41(2,3)4,35-22-14-10-15-23-35)36-24-16-11-17-25-36/h9-25,37-40H,8,26-33H2,1-7H3/b19-18-/t37-,38+,39-,40+/m1/s1. The molecule has 4 atom stereocenters. The maximum atomic E-state index is 7.33. The Morgan fingerprint density at radius 2 is 1.38 bits per heavy atom. The lowest BCUT2D eigenvalue weighted by atomic mass is 10.0. The van der Waals surface area contributed by atoms with E-state index in [9.17, 15) is 0 Å². The van der Waals surface area contributed by atoms with Gasteiger partial charge >= 0.3 is 0 Å². The molecule has 7 heteroatoms. The monoisotopic (exact) mass is 688 g/mol. The summed E-state index contributed by atoms with van der Waals surface area (Å²) in [4.78, 5) is 0. The van der Waals surface area contributed by atoms with Crippen molar-refractivity contribution in [3.63, 3.8) is 0 Å². The number of hydrogen-bond acceptors (Lipinski definition) is 5. The molecule has 0 aromatic heterocycles. The Morgan fingerprint density at radius 1 is 0.792 bits per heavy atom. The van der Waals surface area contributed by atoms with Gasteiger partial charge in [-0.25, -0.2) is 0 Å². The first kappa shape index (κ1) is 38.4. The van der Waals surface area contributed by atoms with Crippen molar-refractivity contribution in [2.45, 2.75) is 115 Å². The van der Waals surface area contributed by atoms with E-state index in [1.807, 2.05) is 6.07 Å². The number of rotatable bonds is 17. The normalized spacial score (nSPS) is 20.5. The third-order valence-corrected chi connectivity index (χ3v) is 16.0. The van der Waals surface area contributed by atoms with Gasteiger partial charge in [-0.05, 0) is 52.7 Å². The Hall–Kier alpha value is -2.37. The molecule has 0 spiro atoms. The molecule has 0 aliphatic carbocycles. The minimum atomic E-state index is -2.68. The van der Waals surface area contributed by atoms with E-state index >= 15 is 0 Å². The van der Waals surface area contributed by atoms with Crippen LogP contribution in [0.25, 0.3) is 0 Å². The minimum absolute atomic E-state index is 0.0745. The van der Waals surface area contributed by atoms with Crippen LogP contribution in [-0.4, -0.2) is 60.8 Å². The maximum Gasteiger partial charge on any atom is 0.261 e. The summed E-state index contributed by atoms with van der Waals surface area (Å²) < 4.78 is 33.3. The summed E-state index contributed by atoms with van der Waals surface area (Å²) in [6.45, 7) is 18.4. The summed E-state index contributed by atoms with van der Waals surface area (Å²) >= 11 is 0. The SMILES string of the molecule is CC[C@@H](OCOCC[Si](C)(C)C)[C@H]1C/C=C\C[C@H](OCc2ccccc2)[C@H](CCO[Si](c2ccccc2)(c2ccccc2)C(C)(C)C)O1. The minimum Gasteiger partial charge on any atom is -0.407 e. The molecule has 1 aliphatic heterocycles. The summed E-state index contributed by atoms with van der Waals surface area (Å²) in [5, 5.41) is 2.48. The first-order valence-corrected chi connectivity index (χ1v) is 23.6. The zero-order chi connectivity index (χ0) is 34.5. The molecule has 0 saturated heterocycles. The smallest absolute Gasteiger partial charge is 0.261 e. The predicted molar refractivity (Wildman–Crippen MR) is 204 cm³/mol. The zero-order valence-corrected chi connectivity index (χ0v) is 32.5. The average molecular weight is 689 g/mol. The van der Waals surface area contributed by atoms with Crippen LogP contribution in [0.5, 0.6) is 0 Å². The Kier molecular flexibility index (Phi) is 14.9. The van der Waals surface area contributed by atoms with E-state index in [2.05, 4.69) is 144 Å². The van der Waals surface area contributed by atoms with Crippen LogP contribution in [0.1, 0.15) is 58.9 Å². The molecule has 5 nitrogen and oxygen atoms in total. The van der Waals surface area contributed by atoms with Crippen LogP contribution in [0.4, 0.5) is 0 Å². The second-order valence-corrected chi connectivity index (χ2v) is 25.2. The van der Waals surface area contributed by atoms with Gasteiger partial charge in [-0.2, -0.15) is 0 Å². The fourth-order valence-corrected chi connectivity index (χ4v) is 11.9. The topological polar surface area (TPSA) is 46.2 Å². The van der Waals surface area contributed by atoms with Crippen molar-refractivity contribution >= 4 is 26.8 Å². The van der Waals surface area contributed by atoms with E-state index in [0.29, 0.717) is 20.0 Å². The lowest BCUT2D eigenvalue weighted by Crippen LogP contribution is -2.66. The molecule has 0 fully saturated rings. The zero-order valence-electron chi connectivity index (χ0n) is 30.5. The Morgan fingerprint density at radius 3 is 1.94 bits per heavy atom. The maximum absolute atomic E-state index is 7.33. The highest BCUT2D eigenvalue weighted by Gasteiger charge is 2.50.